The molecule has 29 heavy (non-hydrogen) atoms. The predicted molar refractivity (Wildman–Crippen MR) is 115 cm³/mol. The Labute approximate surface area is 180 Å². The van der Waals surface area contributed by atoms with Gasteiger partial charge < -0.3 is 20.1 Å². The van der Waals surface area contributed by atoms with E-state index in [0.717, 1.165) is 5.56 Å². The highest BCUT2D eigenvalue weighted by Crippen LogP contribution is 2.28. The second-order valence-electron chi connectivity index (χ2n) is 5.99. The molecule has 1 aromatic carbocycles. The van der Waals surface area contributed by atoms with Crippen LogP contribution in [0.15, 0.2) is 36.5 Å². The molecule has 6 nitrogen and oxygen atoms in total. The zero-order chi connectivity index (χ0) is 21.0. The maximum atomic E-state index is 12.7. The number of fused-ring (bicyclic) bond motifs is 1. The van der Waals surface area contributed by atoms with Gasteiger partial charge in [-0.15, -0.1) is 11.3 Å². The molecule has 0 radical (unpaired) electrons. The first kappa shape index (κ1) is 21.0. The van der Waals surface area contributed by atoms with E-state index < -0.39 is 11.9 Å². The number of carbonyl (C=O) groups excluding carboxylic acids is 1. The van der Waals surface area contributed by atoms with Crippen molar-refractivity contribution in [3.8, 4) is 11.8 Å². The molecule has 0 aliphatic rings. The van der Waals surface area contributed by atoms with Crippen molar-refractivity contribution in [1.82, 2.24) is 9.88 Å². The lowest BCUT2D eigenvalue weighted by Gasteiger charge is -2.11. The minimum Gasteiger partial charge on any atom is -0.480 e. The number of nitrogens with zero attached hydrogens (tertiary/aromatic N) is 1. The summed E-state index contributed by atoms with van der Waals surface area (Å²) in [7, 11) is 0. The average Bonchev–Trinajstić information content (AvgIpc) is 3.12. The number of amides is 1. The number of nitrogens with one attached hydrogen (secondary N) is 1. The van der Waals surface area contributed by atoms with Gasteiger partial charge in [-0.2, -0.15) is 0 Å². The Morgan fingerprint density at radius 2 is 2.00 bits per heavy atom. The second-order valence-corrected chi connectivity index (χ2v) is 7.87. The van der Waals surface area contributed by atoms with Crippen LogP contribution in [0.1, 0.15) is 20.8 Å². The minimum atomic E-state index is -1.04. The standard InChI is InChI=1S/C20H15ClN2O4S2/c21-13-5-3-12(4-6-13)9-22-19(27)16-10-23(11-17(25)26)20-15(18(16)28)8-14(29-20)2-1-7-24/h3-6,8,10,24H,7,9,11H2,(H,22,27)(H,25,26). The molecular formula is C20H15ClN2O4S2. The molecule has 0 aliphatic heterocycles. The van der Waals surface area contributed by atoms with Crippen molar-refractivity contribution < 1.29 is 19.8 Å². The monoisotopic (exact) mass is 446 g/mol. The Kier molecular flexibility index (Phi) is 6.67. The van der Waals surface area contributed by atoms with E-state index in [9.17, 15) is 14.7 Å². The molecule has 0 fully saturated rings. The molecule has 148 valence electrons. The fourth-order valence-electron chi connectivity index (χ4n) is 2.67. The van der Waals surface area contributed by atoms with Crippen LogP contribution in [0.3, 0.4) is 0 Å². The number of aromatic nitrogens is 1. The van der Waals surface area contributed by atoms with Crippen molar-refractivity contribution in [3.63, 3.8) is 0 Å². The fraction of sp³-hybridized carbons (Fsp3) is 0.150. The molecule has 0 bridgehead atoms. The summed E-state index contributed by atoms with van der Waals surface area (Å²) in [6.45, 7) is -0.335. The quantitative estimate of drug-likeness (QED) is 0.412. The third-order valence-electron chi connectivity index (χ3n) is 3.95. The summed E-state index contributed by atoms with van der Waals surface area (Å²) in [6, 6.07) is 8.77. The normalized spacial score (nSPS) is 10.4. The summed E-state index contributed by atoms with van der Waals surface area (Å²) in [5.41, 5.74) is 1.08. The van der Waals surface area contributed by atoms with Crippen LogP contribution in [-0.4, -0.2) is 33.3 Å². The van der Waals surface area contributed by atoms with Crippen LogP contribution in [-0.2, 0) is 17.9 Å². The number of thiophene rings is 1. The summed E-state index contributed by atoms with van der Waals surface area (Å²) >= 11 is 12.6. The van der Waals surface area contributed by atoms with Gasteiger partial charge in [0, 0.05) is 23.2 Å². The number of aliphatic carboxylic acids is 1. The summed E-state index contributed by atoms with van der Waals surface area (Å²) in [5.74, 6) is 3.90. The number of benzene rings is 1. The first-order valence-electron chi connectivity index (χ1n) is 8.40. The molecular weight excluding hydrogens is 432 g/mol. The van der Waals surface area contributed by atoms with Crippen LogP contribution in [0.25, 0.3) is 10.2 Å². The van der Waals surface area contributed by atoms with Gasteiger partial charge in [0.2, 0.25) is 0 Å². The SMILES string of the molecule is O=C(O)Cn1cc(C(=O)NCc2ccc(Cl)cc2)c(=S)c2cc(C#CCO)sc21. The molecule has 3 aromatic rings. The van der Waals surface area contributed by atoms with Gasteiger partial charge in [-0.25, -0.2) is 0 Å². The maximum Gasteiger partial charge on any atom is 0.323 e. The second kappa shape index (κ2) is 9.20. The number of carbonyl (C=O) groups is 2. The van der Waals surface area contributed by atoms with Crippen LogP contribution in [0, 0.1) is 16.4 Å². The van der Waals surface area contributed by atoms with E-state index in [1.165, 1.54) is 22.1 Å². The van der Waals surface area contributed by atoms with Crippen molar-refractivity contribution in [2.45, 2.75) is 13.1 Å². The Morgan fingerprint density at radius 3 is 2.66 bits per heavy atom. The Morgan fingerprint density at radius 1 is 1.28 bits per heavy atom. The molecule has 0 atom stereocenters. The predicted octanol–water partition coefficient (Wildman–Crippen LogP) is 3.44. The summed E-state index contributed by atoms with van der Waals surface area (Å²) in [5, 5.41) is 22.1. The molecule has 9 heteroatoms. The van der Waals surface area contributed by atoms with E-state index in [1.54, 1.807) is 30.3 Å². The highest BCUT2D eigenvalue weighted by atomic mass is 35.5. The number of halogens is 1. The lowest BCUT2D eigenvalue weighted by Crippen LogP contribution is -2.24. The van der Waals surface area contributed by atoms with E-state index in [2.05, 4.69) is 17.2 Å². The number of carboxylic acids is 1. The third kappa shape index (κ3) is 5.02. The molecule has 0 saturated heterocycles. The van der Waals surface area contributed by atoms with Crippen LogP contribution >= 0.6 is 35.2 Å². The summed E-state index contributed by atoms with van der Waals surface area (Å²) in [4.78, 5) is 25.3. The fourth-order valence-corrected chi connectivity index (χ4v) is 4.17. The summed E-state index contributed by atoms with van der Waals surface area (Å²) in [6.07, 6.45) is 1.45. The number of pyridine rings is 1. The van der Waals surface area contributed by atoms with E-state index >= 15 is 0 Å². The molecule has 0 unspecified atom stereocenters. The Bertz CT molecular complexity index is 1200. The lowest BCUT2D eigenvalue weighted by atomic mass is 10.2. The van der Waals surface area contributed by atoms with Crippen molar-refractivity contribution in [2.24, 2.45) is 0 Å². The third-order valence-corrected chi connectivity index (χ3v) is 5.73. The molecule has 1 amide bonds. The highest BCUT2D eigenvalue weighted by Gasteiger charge is 2.16. The smallest absolute Gasteiger partial charge is 0.323 e. The maximum absolute atomic E-state index is 12.7. The molecule has 0 saturated carbocycles. The van der Waals surface area contributed by atoms with Crippen LogP contribution in [0.2, 0.25) is 5.02 Å². The van der Waals surface area contributed by atoms with Crippen LogP contribution in [0.4, 0.5) is 0 Å². The number of carboxylic acid groups (broad SMARTS) is 1. The first-order valence-corrected chi connectivity index (χ1v) is 10.0. The zero-order valence-electron chi connectivity index (χ0n) is 14.9. The Balaban J connectivity index is 1.98. The van der Waals surface area contributed by atoms with E-state index in [0.29, 0.717) is 24.6 Å². The van der Waals surface area contributed by atoms with Gasteiger partial charge in [0.05, 0.1) is 15.0 Å². The number of rotatable bonds is 5. The van der Waals surface area contributed by atoms with Crippen molar-refractivity contribution >= 4 is 57.2 Å². The Hall–Kier alpha value is -2.70. The van der Waals surface area contributed by atoms with E-state index in [4.69, 9.17) is 28.9 Å². The molecule has 3 rings (SSSR count). The van der Waals surface area contributed by atoms with Gasteiger partial charge in [-0.1, -0.05) is 47.8 Å². The van der Waals surface area contributed by atoms with Gasteiger partial charge in [0.15, 0.2) is 0 Å². The van der Waals surface area contributed by atoms with Gasteiger partial charge in [-0.3, -0.25) is 9.59 Å². The largest absolute Gasteiger partial charge is 0.480 e. The summed E-state index contributed by atoms with van der Waals surface area (Å²) < 4.78 is 1.79. The van der Waals surface area contributed by atoms with Crippen LogP contribution < -0.4 is 5.32 Å². The zero-order valence-corrected chi connectivity index (χ0v) is 17.3. The van der Waals surface area contributed by atoms with Gasteiger partial charge in [0.1, 0.15) is 18.0 Å². The van der Waals surface area contributed by atoms with Crippen LogP contribution in [0.5, 0.6) is 0 Å². The minimum absolute atomic E-state index is 0.210. The topological polar surface area (TPSA) is 91.6 Å². The molecule has 3 N–H and O–H groups in total. The number of aliphatic hydroxyl groups excluding tert-OH is 1. The lowest BCUT2D eigenvalue weighted by molar-refractivity contribution is -0.137. The average molecular weight is 447 g/mol. The highest BCUT2D eigenvalue weighted by molar-refractivity contribution is 7.71. The van der Waals surface area contributed by atoms with E-state index in [1.807, 2.05) is 0 Å². The first-order chi connectivity index (χ1) is 13.9. The molecule has 2 aromatic heterocycles. The van der Waals surface area contributed by atoms with E-state index in [-0.39, 0.29) is 25.3 Å². The number of hydrogen-bond donors (Lipinski definition) is 3. The number of hydrogen-bond acceptors (Lipinski definition) is 5. The molecule has 0 spiro atoms. The number of aliphatic hydroxyl groups is 1. The van der Waals surface area contributed by atoms with Crippen molar-refractivity contribution in [3.05, 3.63) is 62.1 Å². The molecule has 0 aliphatic carbocycles. The van der Waals surface area contributed by atoms with Crippen molar-refractivity contribution in [1.29, 1.82) is 0 Å². The molecule has 2 heterocycles. The van der Waals surface area contributed by atoms with Crippen molar-refractivity contribution in [2.75, 3.05) is 6.61 Å². The van der Waals surface area contributed by atoms with Gasteiger partial charge >= 0.3 is 5.97 Å². The van der Waals surface area contributed by atoms with Gasteiger partial charge in [-0.05, 0) is 23.8 Å². The van der Waals surface area contributed by atoms with Gasteiger partial charge in [0.25, 0.3) is 5.91 Å².